The van der Waals surface area contributed by atoms with Gasteiger partial charge in [0.1, 0.15) is 5.54 Å². The predicted molar refractivity (Wildman–Crippen MR) is 80.6 cm³/mol. The van der Waals surface area contributed by atoms with Gasteiger partial charge in [-0.05, 0) is 52.4 Å². The van der Waals surface area contributed by atoms with E-state index in [1.54, 1.807) is 0 Å². The highest BCUT2D eigenvalue weighted by Gasteiger charge is 2.43. The summed E-state index contributed by atoms with van der Waals surface area (Å²) >= 11 is 0. The van der Waals surface area contributed by atoms with Crippen molar-refractivity contribution in [3.05, 3.63) is 0 Å². The molecule has 5 nitrogen and oxygen atoms in total. The van der Waals surface area contributed by atoms with Gasteiger partial charge in [0.25, 0.3) is 0 Å². The number of carbonyl (C=O) groups is 1. The summed E-state index contributed by atoms with van der Waals surface area (Å²) in [6, 6.07) is 3.00. The van der Waals surface area contributed by atoms with Crippen LogP contribution in [0.25, 0.3) is 0 Å². The van der Waals surface area contributed by atoms with E-state index in [-0.39, 0.29) is 5.91 Å². The molecule has 2 aliphatic rings. The largest absolute Gasteiger partial charge is 0.381 e. The van der Waals surface area contributed by atoms with E-state index < -0.39 is 5.54 Å². The van der Waals surface area contributed by atoms with Crippen molar-refractivity contribution < 1.29 is 9.53 Å². The van der Waals surface area contributed by atoms with Gasteiger partial charge in [-0.25, -0.2) is 0 Å². The summed E-state index contributed by atoms with van der Waals surface area (Å²) in [7, 11) is 0. The van der Waals surface area contributed by atoms with Crippen LogP contribution in [-0.2, 0) is 9.53 Å². The zero-order chi connectivity index (χ0) is 15.5. The molecular weight excluding hydrogens is 266 g/mol. The monoisotopic (exact) mass is 293 g/mol. The number of nitriles is 1. The third-order valence-corrected chi connectivity index (χ3v) is 4.67. The number of rotatable bonds is 6. The van der Waals surface area contributed by atoms with Crippen LogP contribution in [0.3, 0.4) is 0 Å². The van der Waals surface area contributed by atoms with Gasteiger partial charge in [0.05, 0.1) is 12.6 Å². The molecule has 0 spiro atoms. The standard InChI is InChI=1S/C16H27N3O2/c1-12(2)19(14-6-8-21-9-7-14)10-15(20)18-16(3,11-17)13-4-5-13/h12-14H,4-10H2,1-3H3,(H,18,20)/t16-/m1/s1. The molecule has 1 saturated heterocycles. The van der Waals surface area contributed by atoms with E-state index in [4.69, 9.17) is 4.74 Å². The molecule has 118 valence electrons. The third kappa shape index (κ3) is 4.18. The average Bonchev–Trinajstić information content (AvgIpc) is 3.30. The maximum atomic E-state index is 12.4. The fourth-order valence-electron chi connectivity index (χ4n) is 3.13. The van der Waals surface area contributed by atoms with Gasteiger partial charge >= 0.3 is 0 Å². The molecule has 0 aromatic carbocycles. The molecule has 1 aliphatic carbocycles. The van der Waals surface area contributed by atoms with E-state index in [1.807, 2.05) is 6.92 Å². The van der Waals surface area contributed by atoms with Crippen molar-refractivity contribution in [2.45, 2.75) is 64.1 Å². The van der Waals surface area contributed by atoms with Crippen LogP contribution in [0.15, 0.2) is 0 Å². The Morgan fingerprint density at radius 2 is 2.00 bits per heavy atom. The second kappa shape index (κ2) is 6.76. The van der Waals surface area contributed by atoms with E-state index in [1.165, 1.54) is 0 Å². The molecule has 1 saturated carbocycles. The Morgan fingerprint density at radius 3 is 2.48 bits per heavy atom. The molecule has 1 heterocycles. The predicted octanol–water partition coefficient (Wildman–Crippen LogP) is 1.68. The molecule has 2 rings (SSSR count). The second-order valence-corrected chi connectivity index (χ2v) is 6.75. The lowest BCUT2D eigenvalue weighted by Gasteiger charge is -2.37. The van der Waals surface area contributed by atoms with E-state index in [9.17, 15) is 10.1 Å². The molecule has 5 heteroatoms. The number of hydrogen-bond acceptors (Lipinski definition) is 4. The van der Waals surface area contributed by atoms with Crippen molar-refractivity contribution in [1.82, 2.24) is 10.2 Å². The summed E-state index contributed by atoms with van der Waals surface area (Å²) in [6.45, 7) is 7.99. The number of nitrogens with zero attached hydrogens (tertiary/aromatic N) is 2. The van der Waals surface area contributed by atoms with Gasteiger partial charge in [-0.15, -0.1) is 0 Å². The summed E-state index contributed by atoms with van der Waals surface area (Å²) in [5.41, 5.74) is -0.699. The van der Waals surface area contributed by atoms with Gasteiger partial charge in [-0.1, -0.05) is 0 Å². The highest BCUT2D eigenvalue weighted by Crippen LogP contribution is 2.39. The Balaban J connectivity index is 1.93. The first-order valence-corrected chi connectivity index (χ1v) is 8.02. The van der Waals surface area contributed by atoms with Crippen LogP contribution < -0.4 is 5.32 Å². The highest BCUT2D eigenvalue weighted by atomic mass is 16.5. The number of hydrogen-bond donors (Lipinski definition) is 1. The molecule has 21 heavy (non-hydrogen) atoms. The van der Waals surface area contributed by atoms with Crippen LogP contribution >= 0.6 is 0 Å². The summed E-state index contributed by atoms with van der Waals surface area (Å²) in [5, 5.41) is 12.3. The number of ether oxygens (including phenoxy) is 1. The lowest BCUT2D eigenvalue weighted by atomic mass is 9.97. The zero-order valence-corrected chi connectivity index (χ0v) is 13.4. The van der Waals surface area contributed by atoms with Crippen LogP contribution in [0.4, 0.5) is 0 Å². The van der Waals surface area contributed by atoms with E-state index in [2.05, 4.69) is 30.1 Å². The summed E-state index contributed by atoms with van der Waals surface area (Å²) in [5.74, 6) is 0.285. The number of nitrogens with one attached hydrogen (secondary N) is 1. The Labute approximate surface area is 127 Å². The Bertz CT molecular complexity index is 408. The van der Waals surface area contributed by atoms with Crippen molar-refractivity contribution >= 4 is 5.91 Å². The number of carbonyl (C=O) groups excluding carboxylic acids is 1. The minimum absolute atomic E-state index is 0.0360. The van der Waals surface area contributed by atoms with Crippen LogP contribution in [0.2, 0.25) is 0 Å². The molecule has 0 bridgehead atoms. The molecule has 1 N–H and O–H groups in total. The van der Waals surface area contributed by atoms with Crippen LogP contribution in [0.1, 0.15) is 46.5 Å². The Morgan fingerprint density at radius 1 is 1.38 bits per heavy atom. The average molecular weight is 293 g/mol. The summed E-state index contributed by atoms with van der Waals surface area (Å²) in [6.07, 6.45) is 4.03. The van der Waals surface area contributed by atoms with Crippen molar-refractivity contribution in [2.75, 3.05) is 19.8 Å². The Kier molecular flexibility index (Phi) is 5.23. The van der Waals surface area contributed by atoms with Crippen molar-refractivity contribution in [1.29, 1.82) is 5.26 Å². The molecule has 0 aromatic rings. The minimum atomic E-state index is -0.699. The molecule has 1 aliphatic heterocycles. The smallest absolute Gasteiger partial charge is 0.235 e. The topological polar surface area (TPSA) is 65.4 Å². The molecule has 2 fully saturated rings. The molecule has 0 radical (unpaired) electrons. The highest BCUT2D eigenvalue weighted by molar-refractivity contribution is 5.79. The first-order chi connectivity index (χ1) is 9.96. The SMILES string of the molecule is CC(C)N(CC(=O)N[C@](C)(C#N)C1CC1)C1CCOCC1. The molecular formula is C16H27N3O2. The summed E-state index contributed by atoms with van der Waals surface area (Å²) < 4.78 is 5.40. The fraction of sp³-hybridized carbons (Fsp3) is 0.875. The van der Waals surface area contributed by atoms with Crippen molar-refractivity contribution in [3.8, 4) is 6.07 Å². The first-order valence-electron chi connectivity index (χ1n) is 8.02. The van der Waals surface area contributed by atoms with E-state index in [0.29, 0.717) is 24.5 Å². The Hall–Kier alpha value is -1.12. The van der Waals surface area contributed by atoms with Crippen LogP contribution in [0, 0.1) is 17.2 Å². The third-order valence-electron chi connectivity index (χ3n) is 4.67. The normalized spacial score (nSPS) is 22.9. The zero-order valence-electron chi connectivity index (χ0n) is 13.4. The van der Waals surface area contributed by atoms with Gasteiger partial charge in [0.15, 0.2) is 0 Å². The maximum absolute atomic E-state index is 12.4. The van der Waals surface area contributed by atoms with Gasteiger partial charge in [0, 0.05) is 25.3 Å². The van der Waals surface area contributed by atoms with Crippen LogP contribution in [0.5, 0.6) is 0 Å². The van der Waals surface area contributed by atoms with Crippen molar-refractivity contribution in [2.24, 2.45) is 5.92 Å². The van der Waals surface area contributed by atoms with E-state index >= 15 is 0 Å². The van der Waals surface area contributed by atoms with Gasteiger partial charge in [-0.2, -0.15) is 5.26 Å². The quantitative estimate of drug-likeness (QED) is 0.809. The first kappa shape index (κ1) is 16.3. The van der Waals surface area contributed by atoms with Gasteiger partial charge in [-0.3, -0.25) is 9.69 Å². The van der Waals surface area contributed by atoms with Gasteiger partial charge in [0.2, 0.25) is 5.91 Å². The lowest BCUT2D eigenvalue weighted by molar-refractivity contribution is -0.125. The van der Waals surface area contributed by atoms with Gasteiger partial charge < -0.3 is 10.1 Å². The molecule has 0 unspecified atom stereocenters. The second-order valence-electron chi connectivity index (χ2n) is 6.75. The molecule has 0 aromatic heterocycles. The minimum Gasteiger partial charge on any atom is -0.381 e. The van der Waals surface area contributed by atoms with E-state index in [0.717, 1.165) is 38.9 Å². The molecule has 1 atom stereocenters. The maximum Gasteiger partial charge on any atom is 0.235 e. The van der Waals surface area contributed by atoms with Crippen molar-refractivity contribution in [3.63, 3.8) is 0 Å². The summed E-state index contributed by atoms with van der Waals surface area (Å²) in [4.78, 5) is 14.6. The van der Waals surface area contributed by atoms with Crippen LogP contribution in [-0.4, -0.2) is 48.2 Å². The molecule has 1 amide bonds. The lowest BCUT2D eigenvalue weighted by Crippen LogP contribution is -2.53. The number of amides is 1. The fourth-order valence-corrected chi connectivity index (χ4v) is 3.13.